The molecule has 0 bridgehead atoms. The number of nitrogens with zero attached hydrogens (tertiary/aromatic N) is 3. The molecule has 1 aromatic heterocycles. The van der Waals surface area contributed by atoms with Gasteiger partial charge in [-0.1, -0.05) is 38.0 Å². The molecule has 0 saturated carbocycles. The second-order valence-electron chi connectivity index (χ2n) is 6.99. The average Bonchev–Trinajstić information content (AvgIpc) is 2.96. The number of aliphatic hydroxyl groups is 2. The van der Waals surface area contributed by atoms with Gasteiger partial charge in [-0.3, -0.25) is 0 Å². The van der Waals surface area contributed by atoms with Gasteiger partial charge in [0.25, 0.3) is 0 Å². The molecule has 0 amide bonds. The molecule has 1 aromatic carbocycles. The number of aromatic nitrogens is 3. The number of ether oxygens (including phenoxy) is 1. The van der Waals surface area contributed by atoms with E-state index >= 15 is 0 Å². The highest BCUT2D eigenvalue weighted by Crippen LogP contribution is 2.30. The van der Waals surface area contributed by atoms with Crippen LogP contribution in [0.1, 0.15) is 32.2 Å². The zero-order valence-electron chi connectivity index (χ0n) is 16.2. The number of hydrogen-bond acceptors (Lipinski definition) is 5. The Morgan fingerprint density at radius 1 is 1.21 bits per heavy atom. The molecule has 2 atom stereocenters. The molecule has 0 fully saturated rings. The average molecular weight is 389 g/mol. The van der Waals surface area contributed by atoms with Crippen molar-refractivity contribution in [1.29, 1.82) is 0 Å². The van der Waals surface area contributed by atoms with Crippen LogP contribution in [0.5, 0.6) is 0 Å². The summed E-state index contributed by atoms with van der Waals surface area (Å²) in [4.78, 5) is 26.1. The maximum absolute atomic E-state index is 13.1. The highest BCUT2D eigenvalue weighted by Gasteiger charge is 2.35. The van der Waals surface area contributed by atoms with Crippen LogP contribution in [0.3, 0.4) is 0 Å². The lowest BCUT2D eigenvalue weighted by atomic mass is 9.91. The van der Waals surface area contributed by atoms with E-state index in [-0.39, 0.29) is 13.2 Å². The Hall–Kier alpha value is -2.42. The van der Waals surface area contributed by atoms with E-state index in [4.69, 9.17) is 4.74 Å². The van der Waals surface area contributed by atoms with E-state index in [1.165, 1.54) is 16.5 Å². The standard InChI is InChI=1S/C20H27N3O5/c1-3-4-10-17(25)18-14(13-28-2)11-21-19(26)22(15-8-6-5-7-9-15)20(27)23(21)16(18)12-24/h5-9,16-17,24-25H,3-4,10-13H2,1-2H3/t16-,17+/m0/s1. The summed E-state index contributed by atoms with van der Waals surface area (Å²) >= 11 is 0. The van der Waals surface area contributed by atoms with E-state index in [1.807, 2.05) is 6.92 Å². The topological polar surface area (TPSA) is 98.6 Å². The lowest BCUT2D eigenvalue weighted by Gasteiger charge is -2.32. The minimum absolute atomic E-state index is 0.136. The van der Waals surface area contributed by atoms with Gasteiger partial charge in [0.1, 0.15) is 6.04 Å². The Labute approximate surface area is 162 Å². The van der Waals surface area contributed by atoms with Crippen molar-refractivity contribution in [3.8, 4) is 5.69 Å². The van der Waals surface area contributed by atoms with Gasteiger partial charge in [-0.2, -0.15) is 0 Å². The van der Waals surface area contributed by atoms with Crippen molar-refractivity contribution in [2.75, 3.05) is 20.3 Å². The molecular weight excluding hydrogens is 362 g/mol. The van der Waals surface area contributed by atoms with Crippen molar-refractivity contribution in [3.63, 3.8) is 0 Å². The van der Waals surface area contributed by atoms with Gasteiger partial charge in [-0.05, 0) is 29.7 Å². The molecule has 2 N–H and O–H groups in total. The molecule has 8 nitrogen and oxygen atoms in total. The largest absolute Gasteiger partial charge is 0.394 e. The monoisotopic (exact) mass is 389 g/mol. The lowest BCUT2D eigenvalue weighted by Crippen LogP contribution is -2.41. The van der Waals surface area contributed by atoms with E-state index in [9.17, 15) is 19.8 Å². The minimum Gasteiger partial charge on any atom is -0.394 e. The van der Waals surface area contributed by atoms with Crippen LogP contribution in [-0.4, -0.2) is 50.6 Å². The summed E-state index contributed by atoms with van der Waals surface area (Å²) < 4.78 is 8.95. The summed E-state index contributed by atoms with van der Waals surface area (Å²) in [6.07, 6.45) is 1.45. The molecule has 0 unspecified atom stereocenters. The summed E-state index contributed by atoms with van der Waals surface area (Å²) in [7, 11) is 1.54. The Morgan fingerprint density at radius 2 is 1.93 bits per heavy atom. The van der Waals surface area contributed by atoms with E-state index < -0.39 is 30.1 Å². The summed E-state index contributed by atoms with van der Waals surface area (Å²) in [6.45, 7) is 1.98. The number of para-hydroxylation sites is 1. The number of benzene rings is 1. The van der Waals surface area contributed by atoms with E-state index in [1.54, 1.807) is 30.3 Å². The van der Waals surface area contributed by atoms with Crippen molar-refractivity contribution >= 4 is 0 Å². The normalized spacial score (nSPS) is 17.6. The summed E-state index contributed by atoms with van der Waals surface area (Å²) in [5, 5.41) is 20.9. The van der Waals surface area contributed by atoms with Crippen molar-refractivity contribution in [3.05, 3.63) is 62.4 Å². The van der Waals surface area contributed by atoms with E-state index in [2.05, 4.69) is 0 Å². The van der Waals surface area contributed by atoms with Crippen LogP contribution in [0.25, 0.3) is 5.69 Å². The van der Waals surface area contributed by atoms with Crippen LogP contribution in [0.2, 0.25) is 0 Å². The zero-order valence-corrected chi connectivity index (χ0v) is 16.2. The molecule has 0 spiro atoms. The maximum Gasteiger partial charge on any atom is 0.352 e. The molecule has 0 aliphatic carbocycles. The first-order chi connectivity index (χ1) is 13.5. The Balaban J connectivity index is 2.16. The van der Waals surface area contributed by atoms with Gasteiger partial charge in [-0.15, -0.1) is 0 Å². The lowest BCUT2D eigenvalue weighted by molar-refractivity contribution is 0.135. The molecule has 0 saturated heterocycles. The fourth-order valence-corrected chi connectivity index (χ4v) is 3.87. The van der Waals surface area contributed by atoms with Gasteiger partial charge in [0, 0.05) is 7.11 Å². The van der Waals surface area contributed by atoms with E-state index in [0.717, 1.165) is 23.0 Å². The third-order valence-corrected chi connectivity index (χ3v) is 5.16. The van der Waals surface area contributed by atoms with Gasteiger partial charge < -0.3 is 14.9 Å². The van der Waals surface area contributed by atoms with Gasteiger partial charge >= 0.3 is 11.4 Å². The Kier molecular flexibility index (Phi) is 6.33. The summed E-state index contributed by atoms with van der Waals surface area (Å²) in [5.74, 6) is 0. The second kappa shape index (κ2) is 8.72. The van der Waals surface area contributed by atoms with Crippen LogP contribution in [-0.2, 0) is 11.3 Å². The smallest absolute Gasteiger partial charge is 0.352 e. The molecule has 1 aliphatic rings. The van der Waals surface area contributed by atoms with Crippen molar-refractivity contribution in [1.82, 2.24) is 13.9 Å². The fraction of sp³-hybridized carbons (Fsp3) is 0.500. The predicted molar refractivity (Wildman–Crippen MR) is 105 cm³/mol. The molecule has 8 heteroatoms. The summed E-state index contributed by atoms with van der Waals surface area (Å²) in [5.41, 5.74) is 0.741. The number of fused-ring (bicyclic) bond motifs is 1. The predicted octanol–water partition coefficient (Wildman–Crippen LogP) is 0.842. The van der Waals surface area contributed by atoms with Crippen molar-refractivity contribution < 1.29 is 14.9 Å². The Morgan fingerprint density at radius 3 is 2.54 bits per heavy atom. The summed E-state index contributed by atoms with van der Waals surface area (Å²) in [6, 6.07) is 7.87. The molecule has 1 aliphatic heterocycles. The van der Waals surface area contributed by atoms with E-state index in [0.29, 0.717) is 17.7 Å². The quantitative estimate of drug-likeness (QED) is 0.652. The highest BCUT2D eigenvalue weighted by atomic mass is 16.5. The van der Waals surface area contributed by atoms with Crippen LogP contribution >= 0.6 is 0 Å². The number of hydrogen-bond donors (Lipinski definition) is 2. The molecule has 152 valence electrons. The third-order valence-electron chi connectivity index (χ3n) is 5.16. The second-order valence-corrected chi connectivity index (χ2v) is 6.99. The van der Waals surface area contributed by atoms with Crippen LogP contribution in [0.15, 0.2) is 51.1 Å². The maximum atomic E-state index is 13.1. The number of aliphatic hydroxyl groups excluding tert-OH is 2. The van der Waals surface area contributed by atoms with Gasteiger partial charge in [0.2, 0.25) is 0 Å². The van der Waals surface area contributed by atoms with Gasteiger partial charge in [0.15, 0.2) is 0 Å². The first kappa shape index (κ1) is 20.3. The molecule has 2 heterocycles. The fourth-order valence-electron chi connectivity index (χ4n) is 3.87. The van der Waals surface area contributed by atoms with Crippen molar-refractivity contribution in [2.45, 2.75) is 44.9 Å². The first-order valence-electron chi connectivity index (χ1n) is 9.54. The molecule has 28 heavy (non-hydrogen) atoms. The van der Waals surface area contributed by atoms with Crippen LogP contribution < -0.4 is 11.4 Å². The number of unbranched alkanes of at least 4 members (excludes halogenated alkanes) is 1. The van der Waals surface area contributed by atoms with Crippen LogP contribution in [0, 0.1) is 0 Å². The molecule has 2 aromatic rings. The van der Waals surface area contributed by atoms with Gasteiger partial charge in [-0.25, -0.2) is 23.5 Å². The van der Waals surface area contributed by atoms with Crippen molar-refractivity contribution in [2.24, 2.45) is 0 Å². The highest BCUT2D eigenvalue weighted by molar-refractivity contribution is 5.32. The molecule has 0 radical (unpaired) electrons. The molecule has 3 rings (SSSR count). The zero-order chi connectivity index (χ0) is 20.3. The number of methoxy groups -OCH3 is 1. The Bertz CT molecular complexity index is 954. The number of rotatable bonds is 8. The SMILES string of the molecule is CCCC[C@@H](O)C1=C(COC)Cn2c(=O)n(-c3ccccc3)c(=O)n2[C@H]1CO. The first-order valence-corrected chi connectivity index (χ1v) is 9.54. The van der Waals surface area contributed by atoms with Crippen LogP contribution in [0.4, 0.5) is 0 Å². The third kappa shape index (κ3) is 3.50. The minimum atomic E-state index is -0.809. The van der Waals surface area contributed by atoms with Gasteiger partial charge in [0.05, 0.1) is 31.5 Å². The molecular formula is C20H27N3O5.